The molecule has 28 heavy (non-hydrogen) atoms. The van der Waals surface area contributed by atoms with E-state index in [1.807, 2.05) is 17.9 Å². The minimum Gasteiger partial charge on any atom is -0.466 e. The zero-order chi connectivity index (χ0) is 20.1. The first-order valence-corrected chi connectivity index (χ1v) is 10.7. The summed E-state index contributed by atoms with van der Waals surface area (Å²) in [4.78, 5) is 26.5. The first-order valence-electron chi connectivity index (χ1n) is 10.7. The zero-order valence-corrected chi connectivity index (χ0v) is 17.3. The van der Waals surface area contributed by atoms with Gasteiger partial charge in [-0.3, -0.25) is 4.79 Å². The van der Waals surface area contributed by atoms with Gasteiger partial charge in [-0.2, -0.15) is 0 Å². The highest BCUT2D eigenvalue weighted by molar-refractivity contribution is 5.75. The third-order valence-electron chi connectivity index (χ3n) is 5.98. The Kier molecular flexibility index (Phi) is 6.97. The second kappa shape index (κ2) is 9.43. The molecule has 1 aromatic rings. The summed E-state index contributed by atoms with van der Waals surface area (Å²) in [6.45, 7) is 7.83. The van der Waals surface area contributed by atoms with E-state index in [4.69, 9.17) is 9.26 Å². The quantitative estimate of drug-likeness (QED) is 0.741. The van der Waals surface area contributed by atoms with Crippen LogP contribution in [0.25, 0.3) is 0 Å². The minimum absolute atomic E-state index is 0.00389. The highest BCUT2D eigenvalue weighted by Crippen LogP contribution is 2.33. The molecule has 3 rings (SSSR count). The summed E-state index contributed by atoms with van der Waals surface area (Å²) >= 11 is 0. The van der Waals surface area contributed by atoms with Gasteiger partial charge in [0.15, 0.2) is 0 Å². The molecule has 0 radical (unpaired) electrons. The van der Waals surface area contributed by atoms with E-state index in [9.17, 15) is 9.59 Å². The molecule has 2 fully saturated rings. The van der Waals surface area contributed by atoms with Crippen molar-refractivity contribution in [1.82, 2.24) is 15.4 Å². The highest BCUT2D eigenvalue weighted by atomic mass is 16.5. The van der Waals surface area contributed by atoms with Crippen molar-refractivity contribution in [3.8, 4) is 0 Å². The molecule has 0 unspecified atom stereocenters. The molecule has 1 atom stereocenters. The minimum atomic E-state index is -0.0710. The molecule has 156 valence electrons. The monoisotopic (exact) mass is 391 g/mol. The molecule has 0 bridgehead atoms. The van der Waals surface area contributed by atoms with Gasteiger partial charge >= 0.3 is 12.0 Å². The molecular weight excluding hydrogens is 358 g/mol. The third-order valence-corrected chi connectivity index (χ3v) is 5.98. The lowest BCUT2D eigenvalue weighted by atomic mass is 9.82. The number of carbonyl (C=O) groups excluding carboxylic acids is 2. The Labute approximate surface area is 167 Å². The summed E-state index contributed by atoms with van der Waals surface area (Å²) in [6, 6.07) is 1.96. The van der Waals surface area contributed by atoms with Crippen molar-refractivity contribution in [2.24, 2.45) is 11.8 Å². The Bertz CT molecular complexity index is 664. The van der Waals surface area contributed by atoms with E-state index in [1.165, 1.54) is 0 Å². The number of hydrogen-bond acceptors (Lipinski definition) is 5. The van der Waals surface area contributed by atoms with Crippen LogP contribution in [0.4, 0.5) is 4.79 Å². The lowest BCUT2D eigenvalue weighted by Gasteiger charge is -2.29. The van der Waals surface area contributed by atoms with Crippen LogP contribution in [-0.2, 0) is 9.53 Å². The van der Waals surface area contributed by atoms with E-state index in [-0.39, 0.29) is 29.9 Å². The molecule has 0 spiro atoms. The van der Waals surface area contributed by atoms with Crippen molar-refractivity contribution in [1.29, 1.82) is 0 Å². The number of amides is 2. The standard InChI is InChI=1S/C21H33N3O4/c1-4-27-20(25)16-9-7-15(8-10-16)13-22-21(26)24-11-5-6-18(24)17-12-19(14(2)3)28-23-17/h12,14-16,18H,4-11,13H2,1-3H3,(H,22,26)/t15?,16?,18-/m0/s1. The second-order valence-electron chi connectivity index (χ2n) is 8.32. The molecular formula is C21H33N3O4. The fourth-order valence-electron chi connectivity index (χ4n) is 4.25. The molecule has 1 N–H and O–H groups in total. The predicted octanol–water partition coefficient (Wildman–Crippen LogP) is 4.01. The van der Waals surface area contributed by atoms with Crippen LogP contribution in [0.3, 0.4) is 0 Å². The number of nitrogens with zero attached hydrogens (tertiary/aromatic N) is 2. The largest absolute Gasteiger partial charge is 0.466 e. The van der Waals surface area contributed by atoms with Crippen molar-refractivity contribution < 1.29 is 18.8 Å². The van der Waals surface area contributed by atoms with Crippen LogP contribution in [0.15, 0.2) is 10.6 Å². The van der Waals surface area contributed by atoms with E-state index in [2.05, 4.69) is 24.3 Å². The molecule has 0 aromatic carbocycles. The van der Waals surface area contributed by atoms with Crippen molar-refractivity contribution in [3.05, 3.63) is 17.5 Å². The van der Waals surface area contributed by atoms with Crippen LogP contribution in [0.2, 0.25) is 0 Å². The second-order valence-corrected chi connectivity index (χ2v) is 8.32. The summed E-state index contributed by atoms with van der Waals surface area (Å²) in [5.41, 5.74) is 0.853. The van der Waals surface area contributed by atoms with Crippen molar-refractivity contribution in [2.75, 3.05) is 19.7 Å². The maximum atomic E-state index is 12.8. The van der Waals surface area contributed by atoms with Crippen LogP contribution in [0, 0.1) is 11.8 Å². The number of hydrogen-bond donors (Lipinski definition) is 1. The Morgan fingerprint density at radius 2 is 2.04 bits per heavy atom. The molecule has 2 amide bonds. The molecule has 7 heteroatoms. The molecule has 2 aliphatic rings. The number of rotatable bonds is 6. The summed E-state index contributed by atoms with van der Waals surface area (Å²) in [7, 11) is 0. The smallest absolute Gasteiger partial charge is 0.317 e. The Hall–Kier alpha value is -2.05. The maximum absolute atomic E-state index is 12.8. The van der Waals surface area contributed by atoms with Crippen molar-refractivity contribution >= 4 is 12.0 Å². The van der Waals surface area contributed by atoms with Crippen LogP contribution in [-0.4, -0.2) is 41.8 Å². The average molecular weight is 392 g/mol. The fraction of sp³-hybridized carbons (Fsp3) is 0.762. The van der Waals surface area contributed by atoms with E-state index in [1.54, 1.807) is 0 Å². The van der Waals surface area contributed by atoms with Gasteiger partial charge in [-0.1, -0.05) is 19.0 Å². The van der Waals surface area contributed by atoms with Crippen molar-refractivity contribution in [2.45, 2.75) is 71.3 Å². The topological polar surface area (TPSA) is 84.7 Å². The van der Waals surface area contributed by atoms with Gasteiger partial charge in [-0.15, -0.1) is 0 Å². The number of likely N-dealkylation sites (tertiary alicyclic amines) is 1. The number of nitrogens with one attached hydrogen (secondary N) is 1. The fourth-order valence-corrected chi connectivity index (χ4v) is 4.25. The number of urea groups is 1. The van der Waals surface area contributed by atoms with Gasteiger partial charge in [0.05, 0.1) is 18.6 Å². The van der Waals surface area contributed by atoms with Gasteiger partial charge < -0.3 is 19.5 Å². The molecule has 1 aliphatic heterocycles. The van der Waals surface area contributed by atoms with Gasteiger partial charge in [0.25, 0.3) is 0 Å². The van der Waals surface area contributed by atoms with Crippen LogP contribution in [0.1, 0.15) is 82.7 Å². The van der Waals surface area contributed by atoms with E-state index >= 15 is 0 Å². The van der Waals surface area contributed by atoms with Crippen LogP contribution < -0.4 is 5.32 Å². The number of esters is 1. The lowest BCUT2D eigenvalue weighted by Crippen LogP contribution is -2.42. The first kappa shape index (κ1) is 20.7. The average Bonchev–Trinajstić information content (AvgIpc) is 3.35. The van der Waals surface area contributed by atoms with Gasteiger partial charge in [0, 0.05) is 25.1 Å². The molecule has 1 saturated heterocycles. The highest BCUT2D eigenvalue weighted by Gasteiger charge is 2.33. The summed E-state index contributed by atoms with van der Waals surface area (Å²) < 4.78 is 10.5. The number of ether oxygens (including phenoxy) is 1. The molecule has 7 nitrogen and oxygen atoms in total. The lowest BCUT2D eigenvalue weighted by molar-refractivity contribution is -0.149. The third kappa shape index (κ3) is 4.86. The van der Waals surface area contributed by atoms with Crippen LogP contribution >= 0.6 is 0 Å². The van der Waals surface area contributed by atoms with Gasteiger partial charge in [0.1, 0.15) is 11.5 Å². The van der Waals surface area contributed by atoms with Gasteiger partial charge in [-0.05, 0) is 51.4 Å². The van der Waals surface area contributed by atoms with Crippen LogP contribution in [0.5, 0.6) is 0 Å². The molecule has 1 aliphatic carbocycles. The predicted molar refractivity (Wildman–Crippen MR) is 105 cm³/mol. The molecule has 1 saturated carbocycles. The van der Waals surface area contributed by atoms with E-state index in [0.29, 0.717) is 19.1 Å². The van der Waals surface area contributed by atoms with Gasteiger partial charge in [-0.25, -0.2) is 4.79 Å². The normalized spacial score (nSPS) is 25.1. The summed E-state index contributed by atoms with van der Waals surface area (Å²) in [6.07, 6.45) is 5.50. The van der Waals surface area contributed by atoms with E-state index < -0.39 is 0 Å². The zero-order valence-electron chi connectivity index (χ0n) is 17.3. The Morgan fingerprint density at radius 3 is 2.68 bits per heavy atom. The Morgan fingerprint density at radius 1 is 1.29 bits per heavy atom. The molecule has 1 aromatic heterocycles. The van der Waals surface area contributed by atoms with E-state index in [0.717, 1.165) is 56.5 Å². The first-order chi connectivity index (χ1) is 13.5. The summed E-state index contributed by atoms with van der Waals surface area (Å²) in [5.74, 6) is 1.53. The van der Waals surface area contributed by atoms with Crippen molar-refractivity contribution in [3.63, 3.8) is 0 Å². The number of aromatic nitrogens is 1. The Balaban J connectivity index is 1.47. The molecule has 2 heterocycles. The summed E-state index contributed by atoms with van der Waals surface area (Å²) in [5, 5.41) is 7.31. The maximum Gasteiger partial charge on any atom is 0.317 e. The SMILES string of the molecule is CCOC(=O)C1CCC(CNC(=O)N2CCC[C@H]2c2cc(C(C)C)on2)CC1. The number of carbonyl (C=O) groups is 2. The van der Waals surface area contributed by atoms with Gasteiger partial charge in [0.2, 0.25) is 0 Å².